The first kappa shape index (κ1) is 17.1. The fourth-order valence-corrected chi connectivity index (χ4v) is 5.41. The molecule has 0 fully saturated rings. The number of rotatable bonds is 7. The number of aromatic nitrogens is 3. The minimum atomic E-state index is -3.61. The summed E-state index contributed by atoms with van der Waals surface area (Å²) < 4.78 is 28.6. The number of alkyl halides is 1. The largest absolute Gasteiger partial charge is 0.263 e. The maximum absolute atomic E-state index is 12.8. The van der Waals surface area contributed by atoms with Crippen LogP contribution in [-0.4, -0.2) is 45.6 Å². The molecule has 0 bridgehead atoms. The van der Waals surface area contributed by atoms with E-state index in [0.29, 0.717) is 11.9 Å². The summed E-state index contributed by atoms with van der Waals surface area (Å²) >= 11 is 6.47. The number of hydrogen-bond acceptors (Lipinski definition) is 4. The second-order valence-corrected chi connectivity index (χ2v) is 7.43. The lowest BCUT2D eigenvalue weighted by Crippen LogP contribution is -2.41. The van der Waals surface area contributed by atoms with Crippen LogP contribution in [0.5, 0.6) is 0 Å². The summed E-state index contributed by atoms with van der Waals surface area (Å²) in [5.41, 5.74) is 0. The van der Waals surface area contributed by atoms with Crippen LogP contribution in [0.1, 0.15) is 26.7 Å². The summed E-state index contributed by atoms with van der Waals surface area (Å²) in [5.74, 6) is 0. The Labute approximate surface area is 130 Å². The molecule has 1 aromatic rings. The van der Waals surface area contributed by atoms with Crippen molar-refractivity contribution >= 4 is 41.9 Å². The SMILES string of the molecule is CCC(CC)N(CCBr)S(=O)(=O)c1c(Br)nnn1C. The van der Waals surface area contributed by atoms with Crippen molar-refractivity contribution in [3.8, 4) is 0 Å². The summed E-state index contributed by atoms with van der Waals surface area (Å²) in [7, 11) is -2.04. The van der Waals surface area contributed by atoms with Gasteiger partial charge in [0.05, 0.1) is 0 Å². The van der Waals surface area contributed by atoms with Gasteiger partial charge in [0, 0.05) is 25.0 Å². The van der Waals surface area contributed by atoms with Crippen LogP contribution in [-0.2, 0) is 17.1 Å². The molecule has 1 rings (SSSR count). The Bertz CT molecular complexity index is 494. The molecule has 0 saturated carbocycles. The Morgan fingerprint density at radius 2 is 1.95 bits per heavy atom. The van der Waals surface area contributed by atoms with Gasteiger partial charge in [-0.3, -0.25) is 0 Å². The van der Waals surface area contributed by atoms with Crippen LogP contribution in [0.15, 0.2) is 9.63 Å². The Morgan fingerprint density at radius 1 is 1.37 bits per heavy atom. The molecule has 1 aromatic heterocycles. The number of aryl methyl sites for hydroxylation is 1. The van der Waals surface area contributed by atoms with E-state index in [1.54, 1.807) is 7.05 Å². The average Bonchev–Trinajstić information content (AvgIpc) is 2.69. The van der Waals surface area contributed by atoms with Crippen LogP contribution in [0.2, 0.25) is 0 Å². The van der Waals surface area contributed by atoms with Crippen LogP contribution < -0.4 is 0 Å². The highest BCUT2D eigenvalue weighted by Crippen LogP contribution is 2.25. The standard InChI is InChI=1S/C10H18Br2N4O2S/c1-4-8(5-2)16(7-6-11)19(17,18)10-9(12)13-14-15(10)3/h8H,4-7H2,1-3H3. The second-order valence-electron chi connectivity index (χ2n) is 4.08. The highest BCUT2D eigenvalue weighted by molar-refractivity contribution is 9.10. The maximum Gasteiger partial charge on any atom is 0.263 e. The lowest BCUT2D eigenvalue weighted by atomic mass is 10.2. The molecule has 6 nitrogen and oxygen atoms in total. The van der Waals surface area contributed by atoms with E-state index in [1.807, 2.05) is 13.8 Å². The van der Waals surface area contributed by atoms with Crippen LogP contribution >= 0.6 is 31.9 Å². The maximum atomic E-state index is 12.8. The van der Waals surface area contributed by atoms with Crippen molar-refractivity contribution < 1.29 is 8.42 Å². The third-order valence-electron chi connectivity index (χ3n) is 2.94. The highest BCUT2D eigenvalue weighted by Gasteiger charge is 2.34. The summed E-state index contributed by atoms with van der Waals surface area (Å²) in [6, 6.07) is -0.0238. The lowest BCUT2D eigenvalue weighted by molar-refractivity contribution is 0.315. The lowest BCUT2D eigenvalue weighted by Gasteiger charge is -2.28. The van der Waals surface area contributed by atoms with Crippen molar-refractivity contribution in [2.24, 2.45) is 7.05 Å². The highest BCUT2D eigenvalue weighted by atomic mass is 79.9. The Balaban J connectivity index is 3.28. The summed E-state index contributed by atoms with van der Waals surface area (Å²) in [6.45, 7) is 4.40. The zero-order chi connectivity index (χ0) is 14.6. The van der Waals surface area contributed by atoms with E-state index >= 15 is 0 Å². The van der Waals surface area contributed by atoms with E-state index in [0.717, 1.165) is 12.8 Å². The molecule has 0 aromatic carbocycles. The van der Waals surface area contributed by atoms with Crippen molar-refractivity contribution in [1.82, 2.24) is 19.3 Å². The molecule has 0 amide bonds. The van der Waals surface area contributed by atoms with Crippen molar-refractivity contribution in [2.45, 2.75) is 37.8 Å². The van der Waals surface area contributed by atoms with Gasteiger partial charge in [0.25, 0.3) is 10.0 Å². The van der Waals surface area contributed by atoms with Crippen LogP contribution in [0, 0.1) is 0 Å². The average molecular weight is 418 g/mol. The minimum absolute atomic E-state index is 0.0238. The van der Waals surface area contributed by atoms with Gasteiger partial charge in [0.2, 0.25) is 5.03 Å². The molecule has 0 N–H and O–H groups in total. The number of hydrogen-bond donors (Lipinski definition) is 0. The molecule has 1 heterocycles. The Kier molecular flexibility index (Phi) is 6.41. The monoisotopic (exact) mass is 416 g/mol. The summed E-state index contributed by atoms with van der Waals surface area (Å²) in [5, 5.41) is 8.17. The van der Waals surface area contributed by atoms with E-state index in [9.17, 15) is 8.42 Å². The molecule has 110 valence electrons. The van der Waals surface area contributed by atoms with E-state index in [1.165, 1.54) is 8.99 Å². The topological polar surface area (TPSA) is 68.1 Å². The predicted molar refractivity (Wildman–Crippen MR) is 80.8 cm³/mol. The van der Waals surface area contributed by atoms with Crippen LogP contribution in [0.3, 0.4) is 0 Å². The fourth-order valence-electron chi connectivity index (χ4n) is 1.99. The van der Waals surface area contributed by atoms with Crippen molar-refractivity contribution in [3.05, 3.63) is 4.60 Å². The molecule has 0 aliphatic carbocycles. The van der Waals surface area contributed by atoms with E-state index in [2.05, 4.69) is 42.2 Å². The van der Waals surface area contributed by atoms with Gasteiger partial charge in [-0.2, -0.15) is 4.31 Å². The molecule has 0 atom stereocenters. The van der Waals surface area contributed by atoms with Gasteiger partial charge in [-0.05, 0) is 28.8 Å². The Hall–Kier alpha value is 0.0100. The molecule has 0 aliphatic heterocycles. The zero-order valence-electron chi connectivity index (χ0n) is 11.2. The number of nitrogens with zero attached hydrogens (tertiary/aromatic N) is 4. The van der Waals surface area contributed by atoms with E-state index in [4.69, 9.17) is 0 Å². The van der Waals surface area contributed by atoms with Crippen LogP contribution in [0.25, 0.3) is 0 Å². The van der Waals surface area contributed by atoms with Crippen molar-refractivity contribution in [2.75, 3.05) is 11.9 Å². The fraction of sp³-hybridized carbons (Fsp3) is 0.800. The first-order chi connectivity index (χ1) is 8.89. The van der Waals surface area contributed by atoms with Crippen molar-refractivity contribution in [1.29, 1.82) is 0 Å². The molecule has 0 unspecified atom stereocenters. The molecule has 0 saturated heterocycles. The van der Waals surface area contributed by atoms with Gasteiger partial charge >= 0.3 is 0 Å². The molecule has 19 heavy (non-hydrogen) atoms. The van der Waals surface area contributed by atoms with Gasteiger partial charge in [0.15, 0.2) is 4.60 Å². The summed E-state index contributed by atoms with van der Waals surface area (Å²) in [6.07, 6.45) is 1.54. The second kappa shape index (κ2) is 7.14. The first-order valence-corrected chi connectivity index (χ1v) is 9.38. The summed E-state index contributed by atoms with van der Waals surface area (Å²) in [4.78, 5) is 0. The quantitative estimate of drug-likeness (QED) is 0.637. The molecule has 0 radical (unpaired) electrons. The van der Waals surface area contributed by atoms with E-state index < -0.39 is 10.0 Å². The predicted octanol–water partition coefficient (Wildman–Crippen LogP) is 2.15. The zero-order valence-corrected chi connectivity index (χ0v) is 15.2. The van der Waals surface area contributed by atoms with Gasteiger partial charge in [0.1, 0.15) is 0 Å². The Morgan fingerprint density at radius 3 is 2.32 bits per heavy atom. The van der Waals surface area contributed by atoms with Crippen molar-refractivity contribution in [3.63, 3.8) is 0 Å². The van der Waals surface area contributed by atoms with E-state index in [-0.39, 0.29) is 15.7 Å². The molecule has 0 aliphatic rings. The number of sulfonamides is 1. The smallest absolute Gasteiger partial charge is 0.235 e. The first-order valence-electron chi connectivity index (χ1n) is 6.03. The molecule has 0 spiro atoms. The van der Waals surface area contributed by atoms with Gasteiger partial charge in [-0.25, -0.2) is 13.1 Å². The molecular formula is C10H18Br2N4O2S. The third kappa shape index (κ3) is 3.56. The van der Waals surface area contributed by atoms with Gasteiger partial charge in [-0.15, -0.1) is 5.10 Å². The van der Waals surface area contributed by atoms with Crippen LogP contribution in [0.4, 0.5) is 0 Å². The van der Waals surface area contributed by atoms with Gasteiger partial charge in [-0.1, -0.05) is 35.0 Å². The minimum Gasteiger partial charge on any atom is -0.235 e. The van der Waals surface area contributed by atoms with Gasteiger partial charge < -0.3 is 0 Å². The molecule has 9 heteroatoms. The molecular weight excluding hydrogens is 400 g/mol. The third-order valence-corrected chi connectivity index (χ3v) is 6.14. The normalized spacial score (nSPS) is 12.6. The number of halogens is 2.